The van der Waals surface area contributed by atoms with E-state index in [9.17, 15) is 4.39 Å². The summed E-state index contributed by atoms with van der Waals surface area (Å²) in [5.41, 5.74) is 0.898. The first-order valence-corrected chi connectivity index (χ1v) is 10.6. The molecule has 1 fully saturated rings. The maximum atomic E-state index is 14.0. The monoisotopic (exact) mass is 438 g/mol. The van der Waals surface area contributed by atoms with Crippen molar-refractivity contribution in [2.75, 3.05) is 31.6 Å². The predicted molar refractivity (Wildman–Crippen MR) is 121 cm³/mol. The summed E-state index contributed by atoms with van der Waals surface area (Å²) in [6.45, 7) is 4.48. The van der Waals surface area contributed by atoms with Crippen LogP contribution in [0.25, 0.3) is 11.4 Å². The number of aliphatic imine (C=N–C) groups is 1. The summed E-state index contributed by atoms with van der Waals surface area (Å²) >= 11 is 0. The van der Waals surface area contributed by atoms with Crippen LogP contribution in [0.4, 0.5) is 10.2 Å². The zero-order valence-corrected chi connectivity index (χ0v) is 18.2. The Bertz CT molecular complexity index is 1050. The van der Waals surface area contributed by atoms with Gasteiger partial charge in [-0.25, -0.2) is 19.4 Å². The quantitative estimate of drug-likeness (QED) is 0.384. The van der Waals surface area contributed by atoms with Crippen molar-refractivity contribution < 1.29 is 9.13 Å². The molecule has 3 N–H and O–H groups in total. The minimum absolute atomic E-state index is 0.138. The lowest BCUT2D eigenvalue weighted by atomic mass is 10.2. The molecule has 0 spiro atoms. The van der Waals surface area contributed by atoms with E-state index in [2.05, 4.69) is 35.8 Å². The van der Waals surface area contributed by atoms with Crippen LogP contribution in [0.1, 0.15) is 19.2 Å². The van der Waals surface area contributed by atoms with Gasteiger partial charge in [-0.15, -0.1) is 0 Å². The maximum absolute atomic E-state index is 14.0. The van der Waals surface area contributed by atoms with Crippen molar-refractivity contribution in [1.82, 2.24) is 30.8 Å². The van der Waals surface area contributed by atoms with Crippen molar-refractivity contribution in [3.8, 4) is 17.1 Å². The third-order valence-corrected chi connectivity index (χ3v) is 5.18. The van der Waals surface area contributed by atoms with Gasteiger partial charge in [0.05, 0.1) is 7.11 Å². The lowest BCUT2D eigenvalue weighted by molar-refractivity contribution is 0.415. The Hall–Kier alpha value is -3.69. The molecule has 10 heteroatoms. The highest BCUT2D eigenvalue weighted by Crippen LogP contribution is 2.21. The molecule has 0 aliphatic carbocycles. The topological polar surface area (TPSA) is 103 Å². The number of halogens is 1. The second-order valence-electron chi connectivity index (χ2n) is 7.41. The molecule has 0 saturated carbocycles. The first-order valence-electron chi connectivity index (χ1n) is 10.6. The second-order valence-corrected chi connectivity index (χ2v) is 7.41. The van der Waals surface area contributed by atoms with E-state index in [4.69, 9.17) is 4.74 Å². The van der Waals surface area contributed by atoms with Gasteiger partial charge in [-0.3, -0.25) is 5.10 Å². The van der Waals surface area contributed by atoms with Gasteiger partial charge in [-0.1, -0.05) is 0 Å². The number of benzene rings is 1. The standard InChI is InChI=1S/C22H27FN8O/c1-3-24-22(27-16-10-12-31(14-16)21-18(23)5-4-11-25-21)26-13-19-28-20(30-29-19)15-6-8-17(32-2)9-7-15/h4-9,11,16H,3,10,12-14H2,1-2H3,(H2,24,26,27)(H,28,29,30). The second kappa shape index (κ2) is 10.1. The summed E-state index contributed by atoms with van der Waals surface area (Å²) in [5, 5.41) is 13.9. The number of anilines is 1. The van der Waals surface area contributed by atoms with E-state index in [0.29, 0.717) is 36.5 Å². The molecule has 1 unspecified atom stereocenters. The highest BCUT2D eigenvalue weighted by atomic mass is 19.1. The molecule has 0 amide bonds. The molecule has 1 aliphatic heterocycles. The number of nitrogens with zero attached hydrogens (tertiary/aromatic N) is 5. The Labute approximate surface area is 186 Å². The van der Waals surface area contributed by atoms with Gasteiger partial charge in [0, 0.05) is 37.4 Å². The summed E-state index contributed by atoms with van der Waals surface area (Å²) in [5.74, 6) is 2.84. The van der Waals surface area contributed by atoms with Crippen LogP contribution in [0.2, 0.25) is 0 Å². The van der Waals surface area contributed by atoms with E-state index in [1.54, 1.807) is 19.4 Å². The summed E-state index contributed by atoms with van der Waals surface area (Å²) in [6.07, 6.45) is 2.48. The largest absolute Gasteiger partial charge is 0.497 e. The number of aromatic nitrogens is 4. The van der Waals surface area contributed by atoms with Crippen molar-refractivity contribution in [2.45, 2.75) is 25.9 Å². The number of rotatable bonds is 7. The van der Waals surface area contributed by atoms with E-state index in [-0.39, 0.29) is 11.9 Å². The van der Waals surface area contributed by atoms with Crippen molar-refractivity contribution in [1.29, 1.82) is 0 Å². The van der Waals surface area contributed by atoms with Crippen LogP contribution in [-0.4, -0.2) is 58.9 Å². The molecule has 3 heterocycles. The highest BCUT2D eigenvalue weighted by molar-refractivity contribution is 5.80. The van der Waals surface area contributed by atoms with Crippen LogP contribution in [0.5, 0.6) is 5.75 Å². The Morgan fingerprint density at radius 3 is 2.91 bits per heavy atom. The van der Waals surface area contributed by atoms with Gasteiger partial charge in [0.25, 0.3) is 0 Å². The fraction of sp³-hybridized carbons (Fsp3) is 0.364. The van der Waals surface area contributed by atoms with Crippen LogP contribution in [0, 0.1) is 5.82 Å². The van der Waals surface area contributed by atoms with E-state index in [0.717, 1.165) is 30.8 Å². The summed E-state index contributed by atoms with van der Waals surface area (Å²) in [7, 11) is 1.63. The van der Waals surface area contributed by atoms with Gasteiger partial charge in [0.1, 0.15) is 18.1 Å². The van der Waals surface area contributed by atoms with Crippen LogP contribution in [0.3, 0.4) is 0 Å². The fourth-order valence-corrected chi connectivity index (χ4v) is 3.58. The smallest absolute Gasteiger partial charge is 0.191 e. The summed E-state index contributed by atoms with van der Waals surface area (Å²) in [6, 6.07) is 10.7. The minimum atomic E-state index is -0.299. The van der Waals surface area contributed by atoms with Crippen LogP contribution < -0.4 is 20.3 Å². The van der Waals surface area contributed by atoms with Crippen molar-refractivity contribution in [3.63, 3.8) is 0 Å². The summed E-state index contributed by atoms with van der Waals surface area (Å²) < 4.78 is 19.2. The lowest BCUT2D eigenvalue weighted by Gasteiger charge is -2.19. The molecule has 1 atom stereocenters. The first kappa shape index (κ1) is 21.5. The number of guanidine groups is 1. The number of hydrogen-bond acceptors (Lipinski definition) is 6. The molecule has 3 aromatic rings. The third-order valence-electron chi connectivity index (χ3n) is 5.18. The van der Waals surface area contributed by atoms with E-state index in [1.165, 1.54) is 6.07 Å². The van der Waals surface area contributed by atoms with Gasteiger partial charge in [-0.2, -0.15) is 5.10 Å². The number of nitrogens with one attached hydrogen (secondary N) is 3. The van der Waals surface area contributed by atoms with Gasteiger partial charge < -0.3 is 20.3 Å². The zero-order valence-electron chi connectivity index (χ0n) is 18.2. The molecule has 1 aromatic carbocycles. The molecule has 2 aromatic heterocycles. The number of ether oxygens (including phenoxy) is 1. The normalized spacial score (nSPS) is 16.3. The van der Waals surface area contributed by atoms with Crippen LogP contribution in [0.15, 0.2) is 47.6 Å². The molecule has 1 saturated heterocycles. The average Bonchev–Trinajstić information content (AvgIpc) is 3.48. The van der Waals surface area contributed by atoms with E-state index >= 15 is 0 Å². The molecule has 9 nitrogen and oxygen atoms in total. The zero-order chi connectivity index (χ0) is 22.3. The Balaban J connectivity index is 1.37. The van der Waals surface area contributed by atoms with Gasteiger partial charge in [-0.05, 0) is 49.7 Å². The SMILES string of the molecule is CCNC(=NCc1nc(-c2ccc(OC)cc2)n[nH]1)NC1CCN(c2ncccc2F)C1. The third kappa shape index (κ3) is 5.13. The maximum Gasteiger partial charge on any atom is 0.191 e. The van der Waals surface area contributed by atoms with Gasteiger partial charge in [0.15, 0.2) is 23.4 Å². The molecule has 168 valence electrons. The van der Waals surface area contributed by atoms with Crippen LogP contribution >= 0.6 is 0 Å². The number of H-pyrrole nitrogens is 1. The average molecular weight is 439 g/mol. The fourth-order valence-electron chi connectivity index (χ4n) is 3.58. The minimum Gasteiger partial charge on any atom is -0.497 e. The molecule has 4 rings (SSSR count). The van der Waals surface area contributed by atoms with Gasteiger partial charge >= 0.3 is 0 Å². The Kier molecular flexibility index (Phi) is 6.78. The van der Waals surface area contributed by atoms with Crippen molar-refractivity contribution in [2.24, 2.45) is 4.99 Å². The van der Waals surface area contributed by atoms with E-state index < -0.39 is 0 Å². The Morgan fingerprint density at radius 2 is 2.16 bits per heavy atom. The number of hydrogen-bond donors (Lipinski definition) is 3. The molecule has 32 heavy (non-hydrogen) atoms. The molecule has 0 bridgehead atoms. The number of aromatic amines is 1. The molecule has 1 aliphatic rings. The predicted octanol–water partition coefficient (Wildman–Crippen LogP) is 2.35. The van der Waals surface area contributed by atoms with Crippen molar-refractivity contribution in [3.05, 3.63) is 54.2 Å². The number of methoxy groups -OCH3 is 1. The molecular formula is C22H27FN8O. The highest BCUT2D eigenvalue weighted by Gasteiger charge is 2.26. The summed E-state index contributed by atoms with van der Waals surface area (Å²) in [4.78, 5) is 15.3. The molecular weight excluding hydrogens is 411 g/mol. The lowest BCUT2D eigenvalue weighted by Crippen LogP contribution is -2.44. The Morgan fingerprint density at radius 1 is 1.31 bits per heavy atom. The molecule has 0 radical (unpaired) electrons. The van der Waals surface area contributed by atoms with Crippen molar-refractivity contribution >= 4 is 11.8 Å². The number of pyridine rings is 1. The first-order chi connectivity index (χ1) is 15.7. The van der Waals surface area contributed by atoms with E-state index in [1.807, 2.05) is 36.1 Å². The van der Waals surface area contributed by atoms with Gasteiger partial charge in [0.2, 0.25) is 0 Å². The van der Waals surface area contributed by atoms with Crippen LogP contribution in [-0.2, 0) is 6.54 Å².